The van der Waals surface area contributed by atoms with E-state index in [4.69, 9.17) is 4.74 Å². The van der Waals surface area contributed by atoms with Crippen LogP contribution in [0.15, 0.2) is 58.4 Å². The summed E-state index contributed by atoms with van der Waals surface area (Å²) in [5.41, 5.74) is -0.514. The van der Waals surface area contributed by atoms with Crippen molar-refractivity contribution in [2.45, 2.75) is 13.5 Å². The monoisotopic (exact) mass is 409 g/mol. The van der Waals surface area contributed by atoms with E-state index in [9.17, 15) is 19.2 Å². The number of aromatic amines is 1. The van der Waals surface area contributed by atoms with Crippen LogP contribution < -0.4 is 26.6 Å². The Morgan fingerprint density at radius 1 is 1.17 bits per heavy atom. The highest BCUT2D eigenvalue weighted by atomic mass is 16.5. The number of hydrogen-bond acceptors (Lipinski definition) is 6. The molecule has 0 saturated heterocycles. The first-order chi connectivity index (χ1) is 14.4. The fourth-order valence-corrected chi connectivity index (χ4v) is 2.75. The molecule has 0 aliphatic heterocycles. The van der Waals surface area contributed by atoms with Gasteiger partial charge in [-0.15, -0.1) is 0 Å². The van der Waals surface area contributed by atoms with Gasteiger partial charge in [-0.25, -0.2) is 4.79 Å². The van der Waals surface area contributed by atoms with Crippen LogP contribution in [0.25, 0.3) is 0 Å². The number of carbonyl (C=O) groups is 2. The van der Waals surface area contributed by atoms with E-state index in [-0.39, 0.29) is 23.7 Å². The molecule has 0 fully saturated rings. The van der Waals surface area contributed by atoms with Crippen molar-refractivity contribution in [2.24, 2.45) is 0 Å². The minimum atomic E-state index is -0.765. The summed E-state index contributed by atoms with van der Waals surface area (Å²) in [6.45, 7) is 1.27. The van der Waals surface area contributed by atoms with Crippen molar-refractivity contribution < 1.29 is 14.3 Å². The Hall–Kier alpha value is -4.21. The summed E-state index contributed by atoms with van der Waals surface area (Å²) in [7, 11) is 1.42. The van der Waals surface area contributed by atoms with Gasteiger partial charge >= 0.3 is 5.69 Å². The Kier molecular flexibility index (Phi) is 6.06. The average Bonchev–Trinajstić information content (AvgIpc) is 2.71. The predicted octanol–water partition coefficient (Wildman–Crippen LogP) is 1.20. The minimum Gasteiger partial charge on any atom is -0.495 e. The van der Waals surface area contributed by atoms with Gasteiger partial charge in [0.1, 0.15) is 11.3 Å². The second-order valence-corrected chi connectivity index (χ2v) is 6.27. The second kappa shape index (κ2) is 8.86. The zero-order chi connectivity index (χ0) is 21.7. The summed E-state index contributed by atoms with van der Waals surface area (Å²) in [5.74, 6) is -0.699. The Bertz CT molecular complexity index is 1200. The number of pyridine rings is 1. The second-order valence-electron chi connectivity index (χ2n) is 6.27. The van der Waals surface area contributed by atoms with Gasteiger partial charge in [0, 0.05) is 25.0 Å². The smallest absolute Gasteiger partial charge is 0.328 e. The van der Waals surface area contributed by atoms with Crippen LogP contribution in [0, 0.1) is 0 Å². The predicted molar refractivity (Wildman–Crippen MR) is 110 cm³/mol. The van der Waals surface area contributed by atoms with Crippen LogP contribution in [0.5, 0.6) is 5.75 Å². The third-order valence-corrected chi connectivity index (χ3v) is 4.12. The maximum absolute atomic E-state index is 12.8. The number of ether oxygens (including phenoxy) is 1. The van der Waals surface area contributed by atoms with Gasteiger partial charge in [-0.3, -0.25) is 23.9 Å². The maximum Gasteiger partial charge on any atom is 0.328 e. The van der Waals surface area contributed by atoms with E-state index in [1.807, 2.05) is 0 Å². The van der Waals surface area contributed by atoms with Gasteiger partial charge in [0.2, 0.25) is 5.91 Å². The number of amides is 2. The Morgan fingerprint density at radius 2 is 1.97 bits per heavy atom. The standard InChI is InChI=1S/C20H19N5O5/c1-12(26)23-13-6-7-17(30-2)16(9-13)24-18(27)15-10-22-20(29)25(19(15)28)11-14-5-3-4-8-21-14/h3-10H,11H2,1-2H3,(H,22,29)(H,23,26)(H,24,27). The number of H-pyrrole nitrogens is 1. The first kappa shape index (κ1) is 20.5. The molecule has 0 radical (unpaired) electrons. The van der Waals surface area contributed by atoms with Crippen LogP contribution >= 0.6 is 0 Å². The van der Waals surface area contributed by atoms with Gasteiger partial charge < -0.3 is 20.4 Å². The topological polar surface area (TPSA) is 135 Å². The van der Waals surface area contributed by atoms with Crippen LogP contribution in [0.2, 0.25) is 0 Å². The molecule has 0 aliphatic rings. The van der Waals surface area contributed by atoms with Gasteiger partial charge in [0.25, 0.3) is 11.5 Å². The summed E-state index contributed by atoms with van der Waals surface area (Å²) >= 11 is 0. The molecule has 0 unspecified atom stereocenters. The molecule has 2 amide bonds. The highest BCUT2D eigenvalue weighted by Gasteiger charge is 2.17. The molecule has 3 N–H and O–H groups in total. The lowest BCUT2D eigenvalue weighted by atomic mass is 10.2. The molecule has 0 atom stereocenters. The molecule has 3 rings (SSSR count). The van der Waals surface area contributed by atoms with E-state index in [1.54, 1.807) is 36.5 Å². The third-order valence-electron chi connectivity index (χ3n) is 4.12. The third kappa shape index (κ3) is 4.61. The minimum absolute atomic E-state index is 0.0858. The van der Waals surface area contributed by atoms with E-state index >= 15 is 0 Å². The maximum atomic E-state index is 12.8. The summed E-state index contributed by atoms with van der Waals surface area (Å²) in [6.07, 6.45) is 2.60. The fourth-order valence-electron chi connectivity index (χ4n) is 2.75. The number of nitrogens with zero attached hydrogens (tertiary/aromatic N) is 2. The van der Waals surface area contributed by atoms with E-state index in [0.717, 1.165) is 10.8 Å². The number of methoxy groups -OCH3 is 1. The molecule has 0 spiro atoms. The number of aromatic nitrogens is 3. The zero-order valence-corrected chi connectivity index (χ0v) is 16.3. The van der Waals surface area contributed by atoms with Crippen molar-refractivity contribution >= 4 is 23.2 Å². The quantitative estimate of drug-likeness (QED) is 0.560. The Morgan fingerprint density at radius 3 is 2.63 bits per heavy atom. The molecule has 2 heterocycles. The molecular formula is C20H19N5O5. The molecule has 10 heteroatoms. The zero-order valence-electron chi connectivity index (χ0n) is 16.3. The van der Waals surface area contributed by atoms with Crippen molar-refractivity contribution in [3.05, 3.63) is 80.9 Å². The van der Waals surface area contributed by atoms with E-state index < -0.39 is 17.2 Å². The number of nitrogens with one attached hydrogen (secondary N) is 3. The fraction of sp³-hybridized carbons (Fsp3) is 0.150. The number of rotatable bonds is 6. The van der Waals surface area contributed by atoms with Crippen LogP contribution in [0.1, 0.15) is 23.0 Å². The van der Waals surface area contributed by atoms with Crippen LogP contribution in [-0.4, -0.2) is 33.5 Å². The normalized spacial score (nSPS) is 10.3. The molecule has 30 heavy (non-hydrogen) atoms. The highest BCUT2D eigenvalue weighted by Crippen LogP contribution is 2.28. The first-order valence-corrected chi connectivity index (χ1v) is 8.88. The van der Waals surface area contributed by atoms with Gasteiger partial charge in [-0.1, -0.05) is 6.07 Å². The number of anilines is 2. The average molecular weight is 409 g/mol. The number of carbonyl (C=O) groups excluding carboxylic acids is 2. The summed E-state index contributed by atoms with van der Waals surface area (Å²) in [4.78, 5) is 55.4. The largest absolute Gasteiger partial charge is 0.495 e. The summed E-state index contributed by atoms with van der Waals surface area (Å²) < 4.78 is 6.11. The molecule has 154 valence electrons. The van der Waals surface area contributed by atoms with Crippen molar-refractivity contribution in [1.29, 1.82) is 0 Å². The lowest BCUT2D eigenvalue weighted by Gasteiger charge is -2.13. The van der Waals surface area contributed by atoms with Gasteiger partial charge in [-0.05, 0) is 30.3 Å². The first-order valence-electron chi connectivity index (χ1n) is 8.88. The van der Waals surface area contributed by atoms with Crippen LogP contribution in [0.3, 0.4) is 0 Å². The van der Waals surface area contributed by atoms with E-state index in [1.165, 1.54) is 20.1 Å². The Balaban J connectivity index is 1.93. The molecule has 1 aromatic carbocycles. The lowest BCUT2D eigenvalue weighted by Crippen LogP contribution is -2.39. The van der Waals surface area contributed by atoms with Crippen molar-refractivity contribution in [1.82, 2.24) is 14.5 Å². The molecule has 0 bridgehead atoms. The van der Waals surface area contributed by atoms with Crippen molar-refractivity contribution in [3.63, 3.8) is 0 Å². The Labute approximate surface area is 170 Å². The van der Waals surface area contributed by atoms with Gasteiger partial charge in [0.05, 0.1) is 25.0 Å². The molecule has 0 saturated carbocycles. The van der Waals surface area contributed by atoms with E-state index in [0.29, 0.717) is 17.1 Å². The molecule has 0 aliphatic carbocycles. The molecule has 3 aromatic rings. The highest BCUT2D eigenvalue weighted by molar-refractivity contribution is 6.05. The lowest BCUT2D eigenvalue weighted by molar-refractivity contribution is -0.114. The molecule has 2 aromatic heterocycles. The van der Waals surface area contributed by atoms with Crippen molar-refractivity contribution in [3.8, 4) is 5.75 Å². The number of hydrogen-bond donors (Lipinski definition) is 3. The van der Waals surface area contributed by atoms with Crippen LogP contribution in [0.4, 0.5) is 11.4 Å². The van der Waals surface area contributed by atoms with Crippen LogP contribution in [-0.2, 0) is 11.3 Å². The van der Waals surface area contributed by atoms with Gasteiger partial charge in [0.15, 0.2) is 0 Å². The number of benzene rings is 1. The molecule has 10 nitrogen and oxygen atoms in total. The molecular weight excluding hydrogens is 390 g/mol. The van der Waals surface area contributed by atoms with Gasteiger partial charge in [-0.2, -0.15) is 0 Å². The summed E-state index contributed by atoms with van der Waals surface area (Å²) in [6, 6.07) is 9.77. The van der Waals surface area contributed by atoms with E-state index in [2.05, 4.69) is 20.6 Å². The summed E-state index contributed by atoms with van der Waals surface area (Å²) in [5, 5.41) is 5.18. The SMILES string of the molecule is COc1ccc(NC(C)=O)cc1NC(=O)c1c[nH]c(=O)n(Cc2ccccn2)c1=O. The van der Waals surface area contributed by atoms with Crippen molar-refractivity contribution in [2.75, 3.05) is 17.7 Å².